The van der Waals surface area contributed by atoms with E-state index in [-0.39, 0.29) is 0 Å². The molecule has 0 N–H and O–H groups in total. The summed E-state index contributed by atoms with van der Waals surface area (Å²) in [6.07, 6.45) is 2.67. The van der Waals surface area contributed by atoms with E-state index in [0.29, 0.717) is 0 Å². The summed E-state index contributed by atoms with van der Waals surface area (Å²) in [4.78, 5) is 2.59. The third kappa shape index (κ3) is 1.87. The van der Waals surface area contributed by atoms with Crippen LogP contribution < -0.4 is 4.90 Å². The summed E-state index contributed by atoms with van der Waals surface area (Å²) in [5.41, 5.74) is 3.04. The van der Waals surface area contributed by atoms with Crippen LogP contribution in [0.3, 0.4) is 0 Å². The molecule has 1 nitrogen and oxygen atoms in total. The normalized spacial score (nSPS) is 24.5. The first-order valence-electron chi connectivity index (χ1n) is 5.84. The Morgan fingerprint density at radius 2 is 2.27 bits per heavy atom. The van der Waals surface area contributed by atoms with Gasteiger partial charge in [-0.15, -0.1) is 0 Å². The lowest BCUT2D eigenvalue weighted by atomic mass is 10.1. The number of nitrogens with zero attached hydrogens (tertiary/aromatic N) is 1. The zero-order valence-electron chi connectivity index (χ0n) is 8.98. The summed E-state index contributed by atoms with van der Waals surface area (Å²) in [5.74, 6) is 3.68. The van der Waals surface area contributed by atoms with Crippen molar-refractivity contribution in [2.45, 2.75) is 12.8 Å². The van der Waals surface area contributed by atoms with Crippen molar-refractivity contribution in [2.75, 3.05) is 29.5 Å². The van der Waals surface area contributed by atoms with Crippen LogP contribution in [-0.4, -0.2) is 24.6 Å². The van der Waals surface area contributed by atoms with Gasteiger partial charge in [0.2, 0.25) is 0 Å². The second kappa shape index (κ2) is 4.09. The lowest BCUT2D eigenvalue weighted by Gasteiger charge is -2.22. The monoisotopic (exact) mass is 219 g/mol. The molecular weight excluding hydrogens is 202 g/mol. The third-order valence-corrected chi connectivity index (χ3v) is 4.72. The maximum absolute atomic E-state index is 2.59. The molecule has 0 bridgehead atoms. The lowest BCUT2D eigenvalue weighted by molar-refractivity contribution is 0.581. The van der Waals surface area contributed by atoms with Crippen LogP contribution in [0, 0.1) is 5.92 Å². The van der Waals surface area contributed by atoms with Gasteiger partial charge in [-0.1, -0.05) is 18.2 Å². The summed E-state index contributed by atoms with van der Waals surface area (Å²) in [5, 5.41) is 0. The topological polar surface area (TPSA) is 3.24 Å². The molecule has 15 heavy (non-hydrogen) atoms. The molecule has 0 spiro atoms. The number of thioether (sulfide) groups is 1. The highest BCUT2D eigenvalue weighted by Gasteiger charge is 2.23. The van der Waals surface area contributed by atoms with Crippen LogP contribution in [0.15, 0.2) is 24.3 Å². The van der Waals surface area contributed by atoms with Crippen molar-refractivity contribution in [1.82, 2.24) is 0 Å². The van der Waals surface area contributed by atoms with Gasteiger partial charge in [0.1, 0.15) is 0 Å². The molecule has 0 unspecified atom stereocenters. The highest BCUT2D eigenvalue weighted by atomic mass is 32.2. The third-order valence-electron chi connectivity index (χ3n) is 3.49. The first kappa shape index (κ1) is 9.59. The molecule has 1 atom stereocenters. The molecule has 0 aromatic heterocycles. The van der Waals surface area contributed by atoms with Crippen molar-refractivity contribution in [2.24, 2.45) is 5.92 Å². The van der Waals surface area contributed by atoms with Crippen LogP contribution in [-0.2, 0) is 6.42 Å². The Morgan fingerprint density at radius 1 is 1.33 bits per heavy atom. The van der Waals surface area contributed by atoms with E-state index in [0.717, 1.165) is 5.92 Å². The Bertz CT molecular complexity index is 344. The first-order chi connectivity index (χ1) is 7.43. The number of benzene rings is 1. The molecular formula is C13H17NS. The zero-order valence-corrected chi connectivity index (χ0v) is 9.80. The Kier molecular flexibility index (Phi) is 2.61. The largest absolute Gasteiger partial charge is 0.371 e. The highest BCUT2D eigenvalue weighted by molar-refractivity contribution is 7.99. The van der Waals surface area contributed by atoms with Crippen LogP contribution in [0.4, 0.5) is 5.69 Å². The van der Waals surface area contributed by atoms with Crippen LogP contribution in [0.1, 0.15) is 12.0 Å². The van der Waals surface area contributed by atoms with E-state index in [4.69, 9.17) is 0 Å². The number of hydrogen-bond donors (Lipinski definition) is 0. The number of anilines is 1. The van der Waals surface area contributed by atoms with Crippen molar-refractivity contribution in [3.8, 4) is 0 Å². The molecule has 2 heterocycles. The van der Waals surface area contributed by atoms with E-state index in [1.165, 1.54) is 43.1 Å². The van der Waals surface area contributed by atoms with Crippen molar-refractivity contribution in [3.63, 3.8) is 0 Å². The molecule has 0 aliphatic carbocycles. The molecule has 2 aliphatic rings. The van der Waals surface area contributed by atoms with Crippen molar-refractivity contribution >= 4 is 17.4 Å². The van der Waals surface area contributed by atoms with Gasteiger partial charge in [0.25, 0.3) is 0 Å². The predicted octanol–water partition coefficient (Wildman–Crippen LogP) is 2.80. The molecule has 2 heteroatoms. The second-order valence-electron chi connectivity index (χ2n) is 4.55. The minimum absolute atomic E-state index is 0.932. The Hall–Kier alpha value is -0.630. The summed E-state index contributed by atoms with van der Waals surface area (Å²) in [6, 6.07) is 8.89. The van der Waals surface area contributed by atoms with Gasteiger partial charge in [0.15, 0.2) is 0 Å². The molecule has 3 rings (SSSR count). The quantitative estimate of drug-likeness (QED) is 0.752. The summed E-state index contributed by atoms with van der Waals surface area (Å²) in [6.45, 7) is 2.52. The molecule has 0 radical (unpaired) electrons. The van der Waals surface area contributed by atoms with E-state index in [1.807, 2.05) is 0 Å². The molecule has 0 saturated carbocycles. The fourth-order valence-corrected chi connectivity index (χ4v) is 3.91. The van der Waals surface area contributed by atoms with Gasteiger partial charge < -0.3 is 4.90 Å². The maximum atomic E-state index is 2.59. The van der Waals surface area contributed by atoms with Gasteiger partial charge in [-0.25, -0.2) is 0 Å². The minimum Gasteiger partial charge on any atom is -0.371 e. The molecule has 1 fully saturated rings. The molecule has 2 aliphatic heterocycles. The lowest BCUT2D eigenvalue weighted by Crippen LogP contribution is -2.27. The highest BCUT2D eigenvalue weighted by Crippen LogP contribution is 2.31. The first-order valence-corrected chi connectivity index (χ1v) is 6.99. The second-order valence-corrected chi connectivity index (χ2v) is 5.70. The summed E-state index contributed by atoms with van der Waals surface area (Å²) in [7, 11) is 0. The molecule has 1 saturated heterocycles. The van der Waals surface area contributed by atoms with Crippen LogP contribution in [0.25, 0.3) is 0 Å². The fourth-order valence-electron chi connectivity index (χ4n) is 2.64. The van der Waals surface area contributed by atoms with E-state index in [2.05, 4.69) is 40.9 Å². The Labute approximate surface area is 95.9 Å². The predicted molar refractivity (Wildman–Crippen MR) is 67.8 cm³/mol. The van der Waals surface area contributed by atoms with Crippen molar-refractivity contribution in [3.05, 3.63) is 29.8 Å². The molecule has 80 valence electrons. The van der Waals surface area contributed by atoms with Gasteiger partial charge in [-0.3, -0.25) is 0 Å². The smallest absolute Gasteiger partial charge is 0.0399 e. The van der Waals surface area contributed by atoms with Gasteiger partial charge in [0, 0.05) is 18.8 Å². The zero-order chi connectivity index (χ0) is 10.1. The summed E-state index contributed by atoms with van der Waals surface area (Å²) >= 11 is 2.12. The van der Waals surface area contributed by atoms with Gasteiger partial charge in [-0.05, 0) is 41.9 Å². The molecule has 1 aromatic carbocycles. The summed E-state index contributed by atoms with van der Waals surface area (Å²) < 4.78 is 0. The van der Waals surface area contributed by atoms with Crippen molar-refractivity contribution < 1.29 is 0 Å². The van der Waals surface area contributed by atoms with Crippen LogP contribution >= 0.6 is 11.8 Å². The average Bonchev–Trinajstić information content (AvgIpc) is 2.89. The van der Waals surface area contributed by atoms with E-state index in [1.54, 1.807) is 5.56 Å². The van der Waals surface area contributed by atoms with Gasteiger partial charge in [-0.2, -0.15) is 11.8 Å². The molecule has 0 amide bonds. The van der Waals surface area contributed by atoms with E-state index in [9.17, 15) is 0 Å². The fraction of sp³-hybridized carbons (Fsp3) is 0.538. The average molecular weight is 219 g/mol. The number of fused-ring (bicyclic) bond motifs is 1. The van der Waals surface area contributed by atoms with Gasteiger partial charge >= 0.3 is 0 Å². The van der Waals surface area contributed by atoms with Crippen LogP contribution in [0.5, 0.6) is 0 Å². The van der Waals surface area contributed by atoms with Crippen LogP contribution in [0.2, 0.25) is 0 Å². The SMILES string of the molecule is c1ccc2c(c1)CCN2C[C@H]1CCSC1. The maximum Gasteiger partial charge on any atom is 0.0399 e. The van der Waals surface area contributed by atoms with Crippen molar-refractivity contribution in [1.29, 1.82) is 0 Å². The molecule has 1 aromatic rings. The Balaban J connectivity index is 1.73. The number of rotatable bonds is 2. The number of para-hydroxylation sites is 1. The number of hydrogen-bond acceptors (Lipinski definition) is 2. The standard InChI is InChI=1S/C13H17NS/c1-2-4-13-12(3-1)5-7-14(13)9-11-6-8-15-10-11/h1-4,11H,5-10H2/t11-/m1/s1. The van der Waals surface area contributed by atoms with E-state index >= 15 is 0 Å². The minimum atomic E-state index is 0.932. The van der Waals surface area contributed by atoms with Gasteiger partial charge in [0.05, 0.1) is 0 Å². The van der Waals surface area contributed by atoms with E-state index < -0.39 is 0 Å². The Morgan fingerprint density at radius 3 is 3.13 bits per heavy atom.